The number of rotatable bonds is 10. The van der Waals surface area contributed by atoms with Crippen molar-refractivity contribution in [1.82, 2.24) is 14.9 Å². The molecule has 0 amide bonds. The number of hydrogen-bond donors (Lipinski definition) is 2. The molecule has 0 bridgehead atoms. The normalized spacial score (nSPS) is 18.5. The largest absolute Gasteiger partial charge is 0.317 e. The summed E-state index contributed by atoms with van der Waals surface area (Å²) < 4.78 is 26.9. The van der Waals surface area contributed by atoms with E-state index in [1.54, 1.807) is 0 Å². The van der Waals surface area contributed by atoms with Gasteiger partial charge >= 0.3 is 0 Å². The number of likely N-dealkylation sites (tertiary alicyclic amines) is 1. The summed E-state index contributed by atoms with van der Waals surface area (Å²) in [7, 11) is -3.09. The average Bonchev–Trinajstić information content (AvgIpc) is 2.41. The number of nitrogens with zero attached hydrogens (tertiary/aromatic N) is 1. The lowest BCUT2D eigenvalue weighted by Crippen LogP contribution is -2.45. The highest BCUT2D eigenvalue weighted by atomic mass is 32.2. The molecule has 1 fully saturated rings. The minimum Gasteiger partial charge on any atom is -0.317 e. The van der Waals surface area contributed by atoms with Crippen molar-refractivity contribution in [3.05, 3.63) is 0 Å². The highest BCUT2D eigenvalue weighted by molar-refractivity contribution is 7.89. The molecular weight excluding hydrogens is 274 g/mol. The predicted octanol–water partition coefficient (Wildman–Crippen LogP) is 1.17. The molecule has 0 saturated carbocycles. The van der Waals surface area contributed by atoms with Gasteiger partial charge in [-0.1, -0.05) is 13.8 Å². The van der Waals surface area contributed by atoms with Crippen LogP contribution in [0.1, 0.15) is 46.0 Å². The molecule has 0 aromatic heterocycles. The lowest BCUT2D eigenvalue weighted by Gasteiger charge is -2.31. The van der Waals surface area contributed by atoms with Gasteiger partial charge in [-0.3, -0.25) is 0 Å². The monoisotopic (exact) mass is 305 g/mol. The zero-order chi connectivity index (χ0) is 14.8. The Balaban J connectivity index is 2.19. The lowest BCUT2D eigenvalue weighted by atomic mass is 10.1. The van der Waals surface area contributed by atoms with Crippen molar-refractivity contribution in [3.8, 4) is 0 Å². The minimum absolute atomic E-state index is 0.141. The van der Waals surface area contributed by atoms with E-state index in [9.17, 15) is 8.42 Å². The van der Waals surface area contributed by atoms with Gasteiger partial charge < -0.3 is 10.2 Å². The summed E-state index contributed by atoms with van der Waals surface area (Å²) in [6.07, 6.45) is 4.70. The Labute approximate surface area is 124 Å². The lowest BCUT2D eigenvalue weighted by molar-refractivity contribution is 0.208. The smallest absolute Gasteiger partial charge is 0.211 e. The molecule has 0 unspecified atom stereocenters. The van der Waals surface area contributed by atoms with Crippen molar-refractivity contribution in [3.63, 3.8) is 0 Å². The Hall–Kier alpha value is -0.170. The summed E-state index contributed by atoms with van der Waals surface area (Å²) >= 11 is 0. The summed E-state index contributed by atoms with van der Waals surface area (Å²) in [5.74, 6) is 0.258. The first-order chi connectivity index (χ1) is 9.57. The maximum absolute atomic E-state index is 12.0. The van der Waals surface area contributed by atoms with E-state index in [0.717, 1.165) is 58.4 Å². The van der Waals surface area contributed by atoms with Crippen molar-refractivity contribution in [1.29, 1.82) is 0 Å². The van der Waals surface area contributed by atoms with Crippen LogP contribution in [0.25, 0.3) is 0 Å². The van der Waals surface area contributed by atoms with E-state index < -0.39 is 10.0 Å². The molecule has 5 nitrogen and oxygen atoms in total. The second-order valence-corrected chi connectivity index (χ2v) is 7.49. The number of nitrogens with one attached hydrogen (secondary N) is 2. The summed E-state index contributed by atoms with van der Waals surface area (Å²) in [4.78, 5) is 2.42. The predicted molar refractivity (Wildman–Crippen MR) is 84.5 cm³/mol. The third kappa shape index (κ3) is 7.57. The molecular formula is C14H31N3O2S. The Kier molecular flexibility index (Phi) is 8.68. The summed E-state index contributed by atoms with van der Waals surface area (Å²) in [6.45, 7) is 9.25. The van der Waals surface area contributed by atoms with Crippen molar-refractivity contribution >= 4 is 10.0 Å². The molecule has 1 heterocycles. The second kappa shape index (κ2) is 9.71. The van der Waals surface area contributed by atoms with Crippen molar-refractivity contribution in [2.75, 3.05) is 38.5 Å². The van der Waals surface area contributed by atoms with Gasteiger partial charge in [-0.15, -0.1) is 0 Å². The number of unbranched alkanes of at least 4 members (excludes halogenated alkanes) is 1. The standard InChI is InChI=1S/C14H31N3O2S/c1-3-10-17-11-7-14(8-12-17)16-20(18,19)13-6-5-9-15-4-2/h14-16H,3-13H2,1-2H3. The van der Waals surface area contributed by atoms with Crippen LogP contribution in [0.2, 0.25) is 0 Å². The van der Waals surface area contributed by atoms with E-state index in [-0.39, 0.29) is 11.8 Å². The number of sulfonamides is 1. The molecule has 1 rings (SSSR count). The zero-order valence-electron chi connectivity index (χ0n) is 13.0. The first-order valence-corrected chi connectivity index (χ1v) is 9.65. The van der Waals surface area contributed by atoms with E-state index in [0.29, 0.717) is 0 Å². The Bertz CT molecular complexity index is 338. The molecule has 1 saturated heterocycles. The highest BCUT2D eigenvalue weighted by Gasteiger charge is 2.22. The van der Waals surface area contributed by atoms with Crippen LogP contribution in [0.15, 0.2) is 0 Å². The molecule has 2 N–H and O–H groups in total. The Morgan fingerprint density at radius 2 is 1.85 bits per heavy atom. The van der Waals surface area contributed by atoms with Crippen LogP contribution in [0.3, 0.4) is 0 Å². The van der Waals surface area contributed by atoms with Crippen LogP contribution in [0.5, 0.6) is 0 Å². The fraction of sp³-hybridized carbons (Fsp3) is 1.00. The van der Waals surface area contributed by atoms with Crippen LogP contribution >= 0.6 is 0 Å². The number of piperidine rings is 1. The molecule has 20 heavy (non-hydrogen) atoms. The van der Waals surface area contributed by atoms with Crippen molar-refractivity contribution in [2.45, 2.75) is 52.0 Å². The summed E-state index contributed by atoms with van der Waals surface area (Å²) in [5.41, 5.74) is 0. The molecule has 0 spiro atoms. The average molecular weight is 305 g/mol. The zero-order valence-corrected chi connectivity index (χ0v) is 13.8. The highest BCUT2D eigenvalue weighted by Crippen LogP contribution is 2.12. The fourth-order valence-corrected chi connectivity index (χ4v) is 4.07. The Morgan fingerprint density at radius 3 is 2.45 bits per heavy atom. The van der Waals surface area contributed by atoms with Crippen LogP contribution in [0, 0.1) is 0 Å². The van der Waals surface area contributed by atoms with Crippen LogP contribution < -0.4 is 10.0 Å². The van der Waals surface area contributed by atoms with Gasteiger partial charge in [-0.05, 0) is 64.8 Å². The van der Waals surface area contributed by atoms with Gasteiger partial charge in [0.1, 0.15) is 0 Å². The molecule has 0 radical (unpaired) electrons. The maximum atomic E-state index is 12.0. The first kappa shape index (κ1) is 17.9. The first-order valence-electron chi connectivity index (χ1n) is 8.00. The van der Waals surface area contributed by atoms with E-state index in [1.165, 1.54) is 6.42 Å². The van der Waals surface area contributed by atoms with E-state index in [4.69, 9.17) is 0 Å². The van der Waals surface area contributed by atoms with Gasteiger partial charge in [-0.2, -0.15) is 0 Å². The molecule has 1 aliphatic rings. The van der Waals surface area contributed by atoms with Gasteiger partial charge in [0.2, 0.25) is 10.0 Å². The molecule has 6 heteroatoms. The van der Waals surface area contributed by atoms with Gasteiger partial charge in [0.15, 0.2) is 0 Å². The van der Waals surface area contributed by atoms with Crippen molar-refractivity contribution in [2.24, 2.45) is 0 Å². The Morgan fingerprint density at radius 1 is 1.15 bits per heavy atom. The molecule has 0 atom stereocenters. The number of hydrogen-bond acceptors (Lipinski definition) is 4. The fourth-order valence-electron chi connectivity index (χ4n) is 2.62. The van der Waals surface area contributed by atoms with Gasteiger partial charge in [0.25, 0.3) is 0 Å². The van der Waals surface area contributed by atoms with Gasteiger partial charge in [-0.25, -0.2) is 13.1 Å². The SMILES string of the molecule is CCCN1CCC(NS(=O)(=O)CCCCNCC)CC1. The van der Waals surface area contributed by atoms with E-state index >= 15 is 0 Å². The van der Waals surface area contributed by atoms with Crippen molar-refractivity contribution < 1.29 is 8.42 Å². The molecule has 1 aliphatic heterocycles. The molecule has 0 aromatic rings. The van der Waals surface area contributed by atoms with Gasteiger partial charge in [0.05, 0.1) is 5.75 Å². The van der Waals surface area contributed by atoms with Gasteiger partial charge in [0, 0.05) is 6.04 Å². The van der Waals surface area contributed by atoms with Crippen LogP contribution in [0.4, 0.5) is 0 Å². The minimum atomic E-state index is -3.09. The molecule has 0 aromatic carbocycles. The summed E-state index contributed by atoms with van der Waals surface area (Å²) in [6, 6.07) is 0.141. The third-order valence-corrected chi connectivity index (χ3v) is 5.26. The summed E-state index contributed by atoms with van der Waals surface area (Å²) in [5, 5.41) is 3.21. The van der Waals surface area contributed by atoms with E-state index in [1.807, 2.05) is 0 Å². The van der Waals surface area contributed by atoms with E-state index in [2.05, 4.69) is 28.8 Å². The van der Waals surface area contributed by atoms with Crippen LogP contribution in [-0.4, -0.2) is 57.8 Å². The molecule has 120 valence electrons. The quantitative estimate of drug-likeness (QED) is 0.595. The third-order valence-electron chi connectivity index (χ3n) is 3.74. The maximum Gasteiger partial charge on any atom is 0.211 e. The second-order valence-electron chi connectivity index (χ2n) is 5.61. The molecule has 0 aliphatic carbocycles. The van der Waals surface area contributed by atoms with Crippen LogP contribution in [-0.2, 0) is 10.0 Å². The topological polar surface area (TPSA) is 61.4 Å².